The van der Waals surface area contributed by atoms with Crippen LogP contribution in [-0.2, 0) is 0 Å². The summed E-state index contributed by atoms with van der Waals surface area (Å²) in [4.78, 5) is 0. The van der Waals surface area contributed by atoms with E-state index in [1.165, 1.54) is 0 Å². The zero-order chi connectivity index (χ0) is 34.6. The smallest absolute Gasteiger partial charge is 0.124 e. The average Bonchev–Trinajstić information content (AvgIpc) is 1.72. The number of halogens is 25. The highest BCUT2D eigenvalue weighted by Gasteiger charge is 2.78. The van der Waals surface area contributed by atoms with E-state index in [2.05, 4.69) is 0 Å². The van der Waals surface area contributed by atoms with Crippen LogP contribution in [0.3, 0.4) is 0 Å². The van der Waals surface area contributed by atoms with Gasteiger partial charge in [0.1, 0.15) is 0 Å². The Kier molecular flexibility index (Phi) is 6.89. The third-order valence-electron chi connectivity index (χ3n) is 1.70. The third-order valence-corrected chi connectivity index (χ3v) is 15.3. The van der Waals surface area contributed by atoms with Crippen LogP contribution in [0.1, 0.15) is 0 Å². The monoisotopic (exact) mass is 784 g/mol. The molecule has 0 atom stereocenters. The van der Waals surface area contributed by atoms with Crippen molar-refractivity contribution in [1.82, 2.24) is 0 Å². The SMILES string of the molecule is CS(F)(F)(F)(F)CS(C)(F)(F)(F)F.CS(F)(F)(F)(F)CS(C)(F)(F)(F)F.CS(F)(F)(F)(F)CS(F)(F)(F)(F)F. The minimum atomic E-state index is -10.8. The van der Waals surface area contributed by atoms with Gasteiger partial charge in [0, 0.05) is 31.3 Å². The average molecular weight is 785 g/mol. The molecule has 39 heavy (non-hydrogen) atoms. The first-order valence-corrected chi connectivity index (χ1v) is 22.9. The molecule has 0 aromatic heterocycles. The molecule has 264 valence electrons. The van der Waals surface area contributed by atoms with Crippen molar-refractivity contribution in [3.05, 3.63) is 0 Å². The molecule has 0 aromatic carbocycles. The first-order chi connectivity index (χ1) is 14.0. The molecule has 0 N–H and O–H groups in total. The minimum Gasteiger partial charge on any atom is -0.124 e. The fourth-order valence-corrected chi connectivity index (χ4v) is 18.4. The lowest BCUT2D eigenvalue weighted by molar-refractivity contribution is 0.362. The largest absolute Gasteiger partial charge is 0.299 e. The summed E-state index contributed by atoms with van der Waals surface area (Å²) >= 11 is 0. The van der Waals surface area contributed by atoms with Gasteiger partial charge in [-0.25, -0.2) is 0 Å². The molecule has 0 unspecified atom stereocenters. The van der Waals surface area contributed by atoms with Crippen LogP contribution in [0, 0.1) is 0 Å². The van der Waals surface area contributed by atoms with Crippen LogP contribution in [0.2, 0.25) is 0 Å². The van der Waals surface area contributed by atoms with Crippen molar-refractivity contribution in [2.75, 3.05) is 46.5 Å². The van der Waals surface area contributed by atoms with E-state index < -0.39 is 106 Å². The Balaban J connectivity index is -0.000000498. The van der Waals surface area contributed by atoms with Gasteiger partial charge in [-0.1, -0.05) is 19.4 Å². The molecule has 31 heteroatoms. The van der Waals surface area contributed by atoms with Gasteiger partial charge in [-0.05, 0) is 0 Å². The van der Waals surface area contributed by atoms with Gasteiger partial charge < -0.3 is 0 Å². The molecule has 0 aliphatic heterocycles. The molecule has 0 aliphatic carbocycles. The molecule has 0 fully saturated rings. The highest BCUT2D eigenvalue weighted by atomic mass is 32.5. The van der Waals surface area contributed by atoms with E-state index in [9.17, 15) is 97.1 Å². The molecule has 0 rings (SSSR count). The van der Waals surface area contributed by atoms with Crippen LogP contribution in [0.5, 0.6) is 0 Å². The Labute approximate surface area is 203 Å². The lowest BCUT2D eigenvalue weighted by atomic mass is 11.9. The molecule has 0 saturated carbocycles. The van der Waals surface area contributed by atoms with E-state index in [1.54, 1.807) is 0 Å². The summed E-state index contributed by atoms with van der Waals surface area (Å²) in [6.07, 6.45) is -5.93. The Morgan fingerprint density at radius 3 is 0.333 bits per heavy atom. The Morgan fingerprint density at radius 2 is 0.333 bits per heavy atom. The van der Waals surface area contributed by atoms with Crippen molar-refractivity contribution >= 4 is 59.4 Å². The van der Waals surface area contributed by atoms with Crippen molar-refractivity contribution in [1.29, 1.82) is 0 Å². The van der Waals surface area contributed by atoms with Gasteiger partial charge in [-0.2, -0.15) is 0 Å². The summed E-state index contributed by atoms with van der Waals surface area (Å²) in [6, 6.07) is 0. The summed E-state index contributed by atoms with van der Waals surface area (Å²) in [6.45, 7) is 0. The molecular weight excluding hydrogens is 763 g/mol. The summed E-state index contributed by atoms with van der Waals surface area (Å²) in [5.41, 5.74) is 0. The van der Waals surface area contributed by atoms with E-state index in [4.69, 9.17) is 0 Å². The Hall–Kier alpha value is 0.350. The van der Waals surface area contributed by atoms with Gasteiger partial charge in [-0.15, -0.1) is 77.7 Å². The molecule has 0 amide bonds. The maximum atomic E-state index is 11.9. The molecule has 0 bridgehead atoms. The van der Waals surface area contributed by atoms with Gasteiger partial charge in [-0.3, -0.25) is 0 Å². The number of rotatable bonds is 6. The summed E-state index contributed by atoms with van der Waals surface area (Å²) < 4.78 is 294. The normalized spacial score (nSPS) is 25.4. The van der Waals surface area contributed by atoms with Crippen LogP contribution in [0.15, 0.2) is 0 Å². The fourth-order valence-electron chi connectivity index (χ4n) is 2.05. The van der Waals surface area contributed by atoms with Crippen LogP contribution in [-0.4, -0.2) is 46.5 Å². The Morgan fingerprint density at radius 1 is 0.231 bits per heavy atom. The predicted octanol–water partition coefficient (Wildman–Crippen LogP) is 15.3. The molecule has 0 saturated heterocycles. The quantitative estimate of drug-likeness (QED) is 0.235. The van der Waals surface area contributed by atoms with E-state index in [0.717, 1.165) is 0 Å². The van der Waals surface area contributed by atoms with Crippen molar-refractivity contribution in [3.8, 4) is 0 Å². The second-order valence-electron chi connectivity index (χ2n) is 9.94. The maximum Gasteiger partial charge on any atom is 0.299 e. The van der Waals surface area contributed by atoms with Gasteiger partial charge in [0.15, 0.2) is 64.4 Å². The summed E-state index contributed by atoms with van der Waals surface area (Å²) in [7, 11) is -57.6. The molecule has 0 aromatic rings. The molecule has 0 aliphatic rings. The lowest BCUT2D eigenvalue weighted by Gasteiger charge is -2.57. The Bertz CT molecular complexity index is 760. The highest BCUT2D eigenvalue weighted by Crippen LogP contribution is 3.11. The molecule has 0 nitrogen and oxygen atoms in total. The van der Waals surface area contributed by atoms with E-state index in [-0.39, 0.29) is 0 Å². The van der Waals surface area contributed by atoms with Crippen LogP contribution in [0.4, 0.5) is 97.1 Å². The van der Waals surface area contributed by atoms with Crippen molar-refractivity contribution < 1.29 is 97.1 Å². The highest BCUT2D eigenvalue weighted by molar-refractivity contribution is 8.65. The first-order valence-electron chi connectivity index (χ1n) is 7.63. The molecule has 0 spiro atoms. The lowest BCUT2D eigenvalue weighted by Crippen LogP contribution is -2.28. The minimum absolute atomic E-state index is 1.14. The van der Waals surface area contributed by atoms with Gasteiger partial charge in [0.05, 0.1) is 0 Å². The van der Waals surface area contributed by atoms with Crippen LogP contribution in [0.25, 0.3) is 0 Å². The molecule has 0 heterocycles. The van der Waals surface area contributed by atoms with Crippen LogP contribution >= 0.6 is 59.4 Å². The first kappa shape index (κ1) is 43.8. The fraction of sp³-hybridized carbons (Fsp3) is 1.00. The summed E-state index contributed by atoms with van der Waals surface area (Å²) in [5.74, 6) is 0. The van der Waals surface area contributed by atoms with Crippen LogP contribution < -0.4 is 0 Å². The topological polar surface area (TPSA) is 0 Å². The maximum absolute atomic E-state index is 11.9. The zero-order valence-corrected chi connectivity index (χ0v) is 23.9. The second kappa shape index (κ2) is 6.14. The number of hydrogen-bond donors (Lipinski definition) is 0. The molecule has 0 radical (unpaired) electrons. The standard InChI is InChI=1S/2C3H8F8S2.C2H5F9S2/c2*1-12(4,5,6,7)3-13(2,8,9,10)11;1-12(3,4,5,6)2-13(7,8,9,10)11/h2*3H2,1-2H3;2H2,1H3. The second-order valence-corrected chi connectivity index (χ2v) is 32.0. The summed E-state index contributed by atoms with van der Waals surface area (Å²) in [5, 5.41) is -12.5. The van der Waals surface area contributed by atoms with E-state index in [0.29, 0.717) is 0 Å². The zero-order valence-electron chi connectivity index (χ0n) is 19.0. The molecular formula is C8H21F25S6. The van der Waals surface area contributed by atoms with Crippen molar-refractivity contribution in [3.63, 3.8) is 0 Å². The van der Waals surface area contributed by atoms with Crippen molar-refractivity contribution in [2.45, 2.75) is 0 Å². The number of hydrogen-bond acceptors (Lipinski definition) is 0. The van der Waals surface area contributed by atoms with Crippen molar-refractivity contribution in [2.24, 2.45) is 0 Å². The van der Waals surface area contributed by atoms with Gasteiger partial charge in [0.25, 0.3) is 10.2 Å². The van der Waals surface area contributed by atoms with Gasteiger partial charge >= 0.3 is 0 Å². The van der Waals surface area contributed by atoms with Gasteiger partial charge in [0.2, 0.25) is 0 Å². The van der Waals surface area contributed by atoms with E-state index in [1.807, 2.05) is 0 Å². The van der Waals surface area contributed by atoms with E-state index >= 15 is 0 Å². The third kappa shape index (κ3) is 55.0. The predicted molar refractivity (Wildman–Crippen MR) is 117 cm³/mol.